The molecule has 3 nitrogen and oxygen atoms in total. The highest BCUT2D eigenvalue weighted by Crippen LogP contribution is 2.30. The van der Waals surface area contributed by atoms with Crippen molar-refractivity contribution in [2.24, 2.45) is 0 Å². The van der Waals surface area contributed by atoms with Gasteiger partial charge in [0.1, 0.15) is 6.26 Å². The van der Waals surface area contributed by atoms with E-state index in [0.29, 0.717) is 12.3 Å². The zero-order chi connectivity index (χ0) is 9.80. The second-order valence-corrected chi connectivity index (χ2v) is 4.76. The van der Waals surface area contributed by atoms with Gasteiger partial charge in [0.2, 0.25) is 0 Å². The van der Waals surface area contributed by atoms with E-state index >= 15 is 0 Å². The van der Waals surface area contributed by atoms with Crippen molar-refractivity contribution in [1.29, 1.82) is 0 Å². The molecule has 2 heterocycles. The maximum absolute atomic E-state index is 8.75. The molecule has 2 rings (SSSR count). The van der Waals surface area contributed by atoms with Crippen molar-refractivity contribution in [2.75, 3.05) is 18.1 Å². The topological polar surface area (TPSA) is 46.3 Å². The Morgan fingerprint density at radius 2 is 2.29 bits per heavy atom. The predicted octanol–water partition coefficient (Wildman–Crippen LogP) is 1.82. The van der Waals surface area contributed by atoms with Crippen molar-refractivity contribution in [3.63, 3.8) is 0 Å². The van der Waals surface area contributed by atoms with Gasteiger partial charge >= 0.3 is 0 Å². The molecule has 0 radical (unpaired) electrons. The van der Waals surface area contributed by atoms with Gasteiger partial charge in [-0.2, -0.15) is 11.8 Å². The van der Waals surface area contributed by atoms with E-state index < -0.39 is 0 Å². The van der Waals surface area contributed by atoms with Crippen LogP contribution in [0.4, 0.5) is 0 Å². The van der Waals surface area contributed by atoms with Gasteiger partial charge in [0.05, 0.1) is 5.69 Å². The molecule has 0 aliphatic carbocycles. The third kappa shape index (κ3) is 2.30. The maximum Gasteiger partial charge on any atom is 0.197 e. The molecule has 0 atom stereocenters. The summed E-state index contributed by atoms with van der Waals surface area (Å²) < 4.78 is 5.43. The van der Waals surface area contributed by atoms with Gasteiger partial charge in [0.15, 0.2) is 5.89 Å². The van der Waals surface area contributed by atoms with E-state index in [1.54, 1.807) is 6.26 Å². The molecule has 0 saturated carbocycles. The van der Waals surface area contributed by atoms with E-state index in [0.717, 1.165) is 11.6 Å². The van der Waals surface area contributed by atoms with Crippen molar-refractivity contribution in [3.8, 4) is 0 Å². The lowest BCUT2D eigenvalue weighted by Gasteiger charge is -2.17. The molecule has 0 aromatic carbocycles. The third-order valence-electron chi connectivity index (χ3n) is 2.51. The molecule has 78 valence electrons. The number of aromatic nitrogens is 1. The second-order valence-electron chi connectivity index (χ2n) is 3.54. The zero-order valence-electron chi connectivity index (χ0n) is 8.11. The minimum absolute atomic E-state index is 0.145. The van der Waals surface area contributed by atoms with Gasteiger partial charge in [-0.15, -0.1) is 0 Å². The van der Waals surface area contributed by atoms with Crippen molar-refractivity contribution in [2.45, 2.75) is 25.2 Å². The summed E-state index contributed by atoms with van der Waals surface area (Å²) in [5.41, 5.74) is 0.876. The van der Waals surface area contributed by atoms with Gasteiger partial charge in [0, 0.05) is 18.9 Å². The average Bonchev–Trinajstić information content (AvgIpc) is 2.68. The fourth-order valence-electron chi connectivity index (χ4n) is 1.68. The standard InChI is InChI=1S/C10H15NO2S/c12-4-1-9-7-13-10(11-9)8-2-5-14-6-3-8/h7-8,12H,1-6H2. The van der Waals surface area contributed by atoms with Gasteiger partial charge in [-0.05, 0) is 24.3 Å². The van der Waals surface area contributed by atoms with E-state index in [1.807, 2.05) is 11.8 Å². The molecule has 1 fully saturated rings. The van der Waals surface area contributed by atoms with Gasteiger partial charge in [-0.3, -0.25) is 0 Å². The molecule has 1 N–H and O–H groups in total. The van der Waals surface area contributed by atoms with Crippen LogP contribution in [0.3, 0.4) is 0 Å². The number of aliphatic hydroxyl groups is 1. The Morgan fingerprint density at radius 1 is 1.50 bits per heavy atom. The van der Waals surface area contributed by atoms with E-state index in [2.05, 4.69) is 4.98 Å². The Hall–Kier alpha value is -0.480. The maximum atomic E-state index is 8.75. The summed E-state index contributed by atoms with van der Waals surface area (Å²) in [5.74, 6) is 3.79. The van der Waals surface area contributed by atoms with Gasteiger partial charge in [-0.25, -0.2) is 4.98 Å². The minimum Gasteiger partial charge on any atom is -0.448 e. The molecule has 0 unspecified atom stereocenters. The molecule has 1 aromatic rings. The Bertz CT molecular complexity index is 281. The van der Waals surface area contributed by atoms with Crippen LogP contribution in [0.2, 0.25) is 0 Å². The predicted molar refractivity (Wildman–Crippen MR) is 56.6 cm³/mol. The lowest BCUT2D eigenvalue weighted by Crippen LogP contribution is -2.08. The largest absolute Gasteiger partial charge is 0.448 e. The molecule has 1 saturated heterocycles. The van der Waals surface area contributed by atoms with Gasteiger partial charge in [-0.1, -0.05) is 0 Å². The first-order valence-corrected chi connectivity index (χ1v) is 6.18. The highest BCUT2D eigenvalue weighted by atomic mass is 32.2. The Balaban J connectivity index is 2.00. The molecule has 14 heavy (non-hydrogen) atoms. The highest BCUT2D eigenvalue weighted by molar-refractivity contribution is 7.99. The van der Waals surface area contributed by atoms with Crippen LogP contribution in [0.1, 0.15) is 30.3 Å². The van der Waals surface area contributed by atoms with Crippen molar-refractivity contribution in [3.05, 3.63) is 17.8 Å². The fraction of sp³-hybridized carbons (Fsp3) is 0.700. The molecule has 4 heteroatoms. The summed E-state index contributed by atoms with van der Waals surface area (Å²) in [6.45, 7) is 0.145. The highest BCUT2D eigenvalue weighted by Gasteiger charge is 2.20. The molecular weight excluding hydrogens is 198 g/mol. The first-order chi connectivity index (χ1) is 6.90. The number of hydrogen-bond acceptors (Lipinski definition) is 4. The van der Waals surface area contributed by atoms with E-state index in [1.165, 1.54) is 24.3 Å². The number of hydrogen-bond donors (Lipinski definition) is 1. The lowest BCUT2D eigenvalue weighted by molar-refractivity contribution is 0.298. The second kappa shape index (κ2) is 4.84. The van der Waals surface area contributed by atoms with Crippen LogP contribution in [0, 0.1) is 0 Å². The Labute approximate surface area is 87.9 Å². The smallest absolute Gasteiger partial charge is 0.197 e. The minimum atomic E-state index is 0.145. The van der Waals surface area contributed by atoms with Gasteiger partial charge < -0.3 is 9.52 Å². The van der Waals surface area contributed by atoms with Gasteiger partial charge in [0.25, 0.3) is 0 Å². The van der Waals surface area contributed by atoms with Crippen LogP contribution >= 0.6 is 11.8 Å². The normalized spacial score (nSPS) is 18.6. The molecule has 0 bridgehead atoms. The summed E-state index contributed by atoms with van der Waals surface area (Å²) in [6, 6.07) is 0. The number of nitrogens with zero attached hydrogens (tertiary/aromatic N) is 1. The third-order valence-corrected chi connectivity index (χ3v) is 3.56. The summed E-state index contributed by atoms with van der Waals surface area (Å²) >= 11 is 2.00. The monoisotopic (exact) mass is 213 g/mol. The van der Waals surface area contributed by atoms with Crippen LogP contribution in [0.5, 0.6) is 0 Å². The average molecular weight is 213 g/mol. The first kappa shape index (κ1) is 10.1. The van der Waals surface area contributed by atoms with Crippen molar-refractivity contribution < 1.29 is 9.52 Å². The van der Waals surface area contributed by atoms with Crippen molar-refractivity contribution in [1.82, 2.24) is 4.98 Å². The van der Waals surface area contributed by atoms with E-state index in [-0.39, 0.29) is 6.61 Å². The van der Waals surface area contributed by atoms with Crippen LogP contribution in [0.15, 0.2) is 10.7 Å². The van der Waals surface area contributed by atoms with E-state index in [4.69, 9.17) is 9.52 Å². The Kier molecular flexibility index (Phi) is 3.48. The first-order valence-electron chi connectivity index (χ1n) is 5.03. The molecule has 0 amide bonds. The zero-order valence-corrected chi connectivity index (χ0v) is 8.92. The fourth-order valence-corrected chi connectivity index (χ4v) is 2.79. The Morgan fingerprint density at radius 3 is 3.00 bits per heavy atom. The number of rotatable bonds is 3. The molecule has 0 spiro atoms. The number of oxazole rings is 1. The van der Waals surface area contributed by atoms with Crippen LogP contribution in [-0.4, -0.2) is 28.2 Å². The molecular formula is C10H15NO2S. The lowest BCUT2D eigenvalue weighted by atomic mass is 10.0. The summed E-state index contributed by atoms with van der Waals surface area (Å²) in [5, 5.41) is 8.75. The molecule has 1 aromatic heterocycles. The van der Waals surface area contributed by atoms with Crippen LogP contribution in [0.25, 0.3) is 0 Å². The quantitative estimate of drug-likeness (QED) is 0.832. The van der Waals surface area contributed by atoms with Crippen molar-refractivity contribution >= 4 is 11.8 Å². The van der Waals surface area contributed by atoms with Crippen LogP contribution < -0.4 is 0 Å². The SMILES string of the molecule is OCCc1coc(C2CCSCC2)n1. The van der Waals surface area contributed by atoms with Crippen LogP contribution in [-0.2, 0) is 6.42 Å². The number of aliphatic hydroxyl groups excluding tert-OH is 1. The molecule has 1 aliphatic rings. The van der Waals surface area contributed by atoms with E-state index in [9.17, 15) is 0 Å². The molecule has 1 aliphatic heterocycles. The summed E-state index contributed by atoms with van der Waals surface area (Å²) in [6.07, 6.45) is 4.62. The number of thioether (sulfide) groups is 1. The summed E-state index contributed by atoms with van der Waals surface area (Å²) in [7, 11) is 0. The summed E-state index contributed by atoms with van der Waals surface area (Å²) in [4.78, 5) is 4.39.